The van der Waals surface area contributed by atoms with Crippen molar-refractivity contribution >= 4 is 49.0 Å². The first kappa shape index (κ1) is 22.3. The van der Waals surface area contributed by atoms with Gasteiger partial charge in [-0.05, 0) is 70.9 Å². The minimum absolute atomic E-state index is 0.238. The molecular formula is C33H37N2+. The molecule has 0 aliphatic heterocycles. The Morgan fingerprint density at radius 3 is 2.14 bits per heavy atom. The molecule has 0 saturated heterocycles. The number of benzene rings is 3. The van der Waals surface area contributed by atoms with Crippen LogP contribution < -0.4 is 4.57 Å². The summed E-state index contributed by atoms with van der Waals surface area (Å²) in [5.74, 6) is 0. The van der Waals surface area contributed by atoms with E-state index in [1.54, 1.807) is 0 Å². The molecule has 0 amide bonds. The SMILES string of the molecule is Cc1ccc2c3cc(CC(C)(C)C)ccc3n3c4cc(CC(C)(C)C)cc5cc[n+](C)c(c1c23)c54. The van der Waals surface area contributed by atoms with Crippen molar-refractivity contribution < 1.29 is 4.57 Å². The lowest BCUT2D eigenvalue weighted by atomic mass is 9.87. The van der Waals surface area contributed by atoms with E-state index in [2.05, 4.69) is 119 Å². The minimum Gasteiger partial charge on any atom is -0.307 e. The number of aromatic nitrogens is 2. The third kappa shape index (κ3) is 3.49. The van der Waals surface area contributed by atoms with Gasteiger partial charge in [0.1, 0.15) is 7.05 Å². The number of nitrogens with zero attached hydrogens (tertiary/aromatic N) is 2. The molecule has 0 unspecified atom stereocenters. The van der Waals surface area contributed by atoms with Crippen molar-refractivity contribution in [1.82, 2.24) is 4.40 Å². The summed E-state index contributed by atoms with van der Waals surface area (Å²) in [6.07, 6.45) is 4.38. The third-order valence-corrected chi connectivity index (χ3v) is 7.42. The molecule has 2 nitrogen and oxygen atoms in total. The normalized spacial score (nSPS) is 13.4. The van der Waals surface area contributed by atoms with Crippen molar-refractivity contribution in [2.45, 2.75) is 61.3 Å². The van der Waals surface area contributed by atoms with E-state index in [-0.39, 0.29) is 10.8 Å². The Balaban J connectivity index is 1.85. The average molecular weight is 462 g/mol. The summed E-state index contributed by atoms with van der Waals surface area (Å²) in [4.78, 5) is 0. The Morgan fingerprint density at radius 1 is 0.714 bits per heavy atom. The molecule has 178 valence electrons. The Morgan fingerprint density at radius 2 is 1.43 bits per heavy atom. The summed E-state index contributed by atoms with van der Waals surface area (Å²) in [5, 5.41) is 6.81. The van der Waals surface area contributed by atoms with Crippen LogP contribution in [0.5, 0.6) is 0 Å². The fourth-order valence-electron chi connectivity index (χ4n) is 6.26. The van der Waals surface area contributed by atoms with E-state index in [4.69, 9.17) is 0 Å². The predicted octanol–water partition coefficient (Wildman–Crippen LogP) is 8.30. The number of pyridine rings is 2. The highest BCUT2D eigenvalue weighted by atomic mass is 15.0. The molecule has 3 aromatic carbocycles. The molecule has 6 aromatic rings. The number of hydrogen-bond donors (Lipinski definition) is 0. The van der Waals surface area contributed by atoms with Gasteiger partial charge in [0.25, 0.3) is 0 Å². The van der Waals surface area contributed by atoms with E-state index in [1.165, 1.54) is 65.7 Å². The standard InChI is InChI=1S/C33H37N2/c1-20-9-11-24-25-16-21(18-32(2,3)4)10-12-26(25)35-27-17-22(19-33(5,6)7)15-23-13-14-34(8)31(29(23)27)28(20)30(24)35/h9-17H,18-19H2,1-8H3/q+1. The van der Waals surface area contributed by atoms with Crippen LogP contribution in [0.15, 0.2) is 54.7 Å². The van der Waals surface area contributed by atoms with Crippen molar-refractivity contribution in [3.8, 4) is 0 Å². The average Bonchev–Trinajstić information content (AvgIpc) is 3.06. The van der Waals surface area contributed by atoms with Crippen LogP contribution in [-0.4, -0.2) is 4.40 Å². The van der Waals surface area contributed by atoms with Gasteiger partial charge in [-0.3, -0.25) is 0 Å². The highest BCUT2D eigenvalue weighted by molar-refractivity contribution is 6.25. The van der Waals surface area contributed by atoms with Crippen molar-refractivity contribution in [1.29, 1.82) is 0 Å². The molecule has 6 rings (SSSR count). The van der Waals surface area contributed by atoms with Crippen LogP contribution in [0.2, 0.25) is 0 Å². The maximum Gasteiger partial charge on any atom is 0.224 e. The maximum atomic E-state index is 2.56. The summed E-state index contributed by atoms with van der Waals surface area (Å²) in [6.45, 7) is 16.2. The molecule has 0 aliphatic rings. The summed E-state index contributed by atoms with van der Waals surface area (Å²) in [5.41, 5.74) is 10.0. The van der Waals surface area contributed by atoms with Gasteiger partial charge < -0.3 is 4.40 Å². The second kappa shape index (κ2) is 7.20. The Labute approximate surface area is 208 Å². The molecule has 3 aromatic heterocycles. The van der Waals surface area contributed by atoms with Crippen LogP contribution in [0.25, 0.3) is 49.0 Å². The van der Waals surface area contributed by atoms with E-state index in [0.717, 1.165) is 12.8 Å². The topological polar surface area (TPSA) is 8.29 Å². The second-order valence-corrected chi connectivity index (χ2v) is 13.2. The second-order valence-electron chi connectivity index (χ2n) is 13.2. The summed E-state index contributed by atoms with van der Waals surface area (Å²) in [6, 6.07) is 19.0. The van der Waals surface area contributed by atoms with Gasteiger partial charge in [0.2, 0.25) is 5.52 Å². The molecular weight excluding hydrogens is 424 g/mol. The van der Waals surface area contributed by atoms with Crippen molar-refractivity contribution in [3.05, 3.63) is 71.4 Å². The van der Waals surface area contributed by atoms with Gasteiger partial charge in [-0.1, -0.05) is 65.8 Å². The molecule has 2 heteroatoms. The number of rotatable bonds is 2. The van der Waals surface area contributed by atoms with Gasteiger partial charge in [0.15, 0.2) is 6.20 Å². The largest absolute Gasteiger partial charge is 0.307 e. The molecule has 0 atom stereocenters. The molecule has 0 fully saturated rings. The van der Waals surface area contributed by atoms with Crippen LogP contribution in [0.1, 0.15) is 58.2 Å². The van der Waals surface area contributed by atoms with Crippen LogP contribution in [0.3, 0.4) is 0 Å². The quantitative estimate of drug-likeness (QED) is 0.139. The van der Waals surface area contributed by atoms with Crippen molar-refractivity contribution in [2.75, 3.05) is 0 Å². The predicted molar refractivity (Wildman–Crippen MR) is 151 cm³/mol. The first-order chi connectivity index (χ1) is 16.4. The first-order valence-corrected chi connectivity index (χ1v) is 12.9. The lowest BCUT2D eigenvalue weighted by molar-refractivity contribution is -0.643. The van der Waals surface area contributed by atoms with Gasteiger partial charge in [-0.2, -0.15) is 0 Å². The molecule has 0 saturated carbocycles. The van der Waals surface area contributed by atoms with Gasteiger partial charge in [0, 0.05) is 16.8 Å². The van der Waals surface area contributed by atoms with E-state index >= 15 is 0 Å². The van der Waals surface area contributed by atoms with Gasteiger partial charge in [0.05, 0.1) is 27.3 Å². The molecule has 0 radical (unpaired) electrons. The monoisotopic (exact) mass is 461 g/mol. The smallest absolute Gasteiger partial charge is 0.224 e. The van der Waals surface area contributed by atoms with Gasteiger partial charge >= 0.3 is 0 Å². The highest BCUT2D eigenvalue weighted by Gasteiger charge is 2.25. The molecule has 0 N–H and O–H groups in total. The van der Waals surface area contributed by atoms with E-state index in [0.29, 0.717) is 0 Å². The minimum atomic E-state index is 0.238. The van der Waals surface area contributed by atoms with E-state index in [9.17, 15) is 0 Å². The zero-order valence-corrected chi connectivity index (χ0v) is 22.5. The molecule has 0 aliphatic carbocycles. The molecule has 35 heavy (non-hydrogen) atoms. The zero-order chi connectivity index (χ0) is 24.9. The fraction of sp³-hybridized carbons (Fsp3) is 0.364. The van der Waals surface area contributed by atoms with Crippen LogP contribution >= 0.6 is 0 Å². The lowest BCUT2D eigenvalue weighted by Crippen LogP contribution is -2.29. The maximum absolute atomic E-state index is 2.56. The summed E-state index contributed by atoms with van der Waals surface area (Å²) < 4.78 is 4.89. The van der Waals surface area contributed by atoms with Gasteiger partial charge in [-0.25, -0.2) is 4.57 Å². The molecule has 0 spiro atoms. The van der Waals surface area contributed by atoms with Crippen molar-refractivity contribution in [2.24, 2.45) is 17.9 Å². The Hall–Kier alpha value is -3.13. The summed E-state index contributed by atoms with van der Waals surface area (Å²) >= 11 is 0. The number of aryl methyl sites for hydroxylation is 2. The number of fused-ring (bicyclic) bond motifs is 5. The highest BCUT2D eigenvalue weighted by Crippen LogP contribution is 2.42. The van der Waals surface area contributed by atoms with Crippen LogP contribution in [-0.2, 0) is 19.9 Å². The van der Waals surface area contributed by atoms with Gasteiger partial charge in [-0.15, -0.1) is 0 Å². The molecule has 3 heterocycles. The van der Waals surface area contributed by atoms with Crippen molar-refractivity contribution in [3.63, 3.8) is 0 Å². The Bertz CT molecular complexity index is 1770. The lowest BCUT2D eigenvalue weighted by Gasteiger charge is -2.20. The fourth-order valence-corrected chi connectivity index (χ4v) is 6.26. The zero-order valence-electron chi connectivity index (χ0n) is 22.5. The Kier molecular flexibility index (Phi) is 4.59. The van der Waals surface area contributed by atoms with E-state index in [1.807, 2.05) is 0 Å². The molecule has 0 bridgehead atoms. The third-order valence-electron chi connectivity index (χ3n) is 7.42. The van der Waals surface area contributed by atoms with Crippen LogP contribution in [0.4, 0.5) is 0 Å². The first-order valence-electron chi connectivity index (χ1n) is 12.9. The van der Waals surface area contributed by atoms with Crippen LogP contribution in [0, 0.1) is 17.8 Å². The van der Waals surface area contributed by atoms with E-state index < -0.39 is 0 Å². The summed E-state index contributed by atoms with van der Waals surface area (Å²) in [7, 11) is 2.19. The number of hydrogen-bond acceptors (Lipinski definition) is 0.